The van der Waals surface area contributed by atoms with Crippen molar-refractivity contribution in [3.63, 3.8) is 0 Å². The summed E-state index contributed by atoms with van der Waals surface area (Å²) in [6, 6.07) is 2.04. The molecule has 8 nitrogen and oxygen atoms in total. The molecule has 1 aliphatic rings. The third-order valence-electron chi connectivity index (χ3n) is 4.52. The van der Waals surface area contributed by atoms with Gasteiger partial charge in [0.1, 0.15) is 11.2 Å². The first-order valence-corrected chi connectivity index (χ1v) is 8.78. The second kappa shape index (κ2) is 5.72. The number of aromatic nitrogens is 6. The maximum Gasteiger partial charge on any atom is 0.330 e. The van der Waals surface area contributed by atoms with Crippen LogP contribution in [0.5, 0.6) is 0 Å². The van der Waals surface area contributed by atoms with Gasteiger partial charge in [-0.1, -0.05) is 13.8 Å². The summed E-state index contributed by atoms with van der Waals surface area (Å²) in [7, 11) is 0. The Morgan fingerprint density at radius 3 is 2.68 bits per heavy atom. The number of nitrogens with one attached hydrogen (secondary N) is 2. The fourth-order valence-corrected chi connectivity index (χ4v) is 3.14. The van der Waals surface area contributed by atoms with Crippen LogP contribution in [0.2, 0.25) is 0 Å². The molecule has 0 spiro atoms. The monoisotopic (exact) mass is 342 g/mol. The van der Waals surface area contributed by atoms with Gasteiger partial charge in [-0.05, 0) is 31.7 Å². The minimum atomic E-state index is -0.441. The fraction of sp³-hybridized carbons (Fsp3) is 0.529. The van der Waals surface area contributed by atoms with Crippen molar-refractivity contribution in [3.05, 3.63) is 32.6 Å². The fourth-order valence-electron chi connectivity index (χ4n) is 3.14. The van der Waals surface area contributed by atoms with Gasteiger partial charge in [0.25, 0.3) is 5.56 Å². The number of H-pyrrole nitrogens is 2. The molecule has 0 aromatic carbocycles. The van der Waals surface area contributed by atoms with E-state index in [-0.39, 0.29) is 5.92 Å². The third-order valence-corrected chi connectivity index (χ3v) is 4.52. The molecule has 25 heavy (non-hydrogen) atoms. The number of nitrogens with zero attached hydrogens (tertiary/aromatic N) is 4. The highest BCUT2D eigenvalue weighted by atomic mass is 16.2. The van der Waals surface area contributed by atoms with E-state index in [1.807, 2.05) is 31.5 Å². The van der Waals surface area contributed by atoms with Crippen LogP contribution in [-0.2, 0) is 13.1 Å². The van der Waals surface area contributed by atoms with Crippen molar-refractivity contribution in [3.8, 4) is 11.5 Å². The van der Waals surface area contributed by atoms with Crippen molar-refractivity contribution in [1.82, 2.24) is 29.3 Å². The highest BCUT2D eigenvalue weighted by molar-refractivity contribution is 5.74. The number of aromatic amines is 2. The lowest BCUT2D eigenvalue weighted by Crippen LogP contribution is -2.31. The zero-order valence-electron chi connectivity index (χ0n) is 14.7. The maximum atomic E-state index is 12.2. The van der Waals surface area contributed by atoms with Crippen molar-refractivity contribution < 1.29 is 0 Å². The van der Waals surface area contributed by atoms with Crippen LogP contribution in [0.4, 0.5) is 0 Å². The lowest BCUT2D eigenvalue weighted by Gasteiger charge is -2.07. The van der Waals surface area contributed by atoms with E-state index in [1.165, 1.54) is 17.4 Å². The summed E-state index contributed by atoms with van der Waals surface area (Å²) in [6.45, 7) is 7.28. The van der Waals surface area contributed by atoms with E-state index in [9.17, 15) is 9.59 Å². The van der Waals surface area contributed by atoms with Crippen molar-refractivity contribution in [2.24, 2.45) is 5.92 Å². The number of hydrogen-bond acceptors (Lipinski definition) is 4. The normalized spacial score (nSPS) is 14.7. The molecular weight excluding hydrogens is 320 g/mol. The Bertz CT molecular complexity index is 1050. The Kier molecular flexibility index (Phi) is 3.63. The quantitative estimate of drug-likeness (QED) is 0.738. The molecule has 4 rings (SSSR count). The van der Waals surface area contributed by atoms with Crippen LogP contribution < -0.4 is 11.2 Å². The van der Waals surface area contributed by atoms with Crippen molar-refractivity contribution in [2.45, 2.75) is 52.6 Å². The highest BCUT2D eigenvalue weighted by Gasteiger charge is 2.28. The largest absolute Gasteiger partial charge is 0.331 e. The lowest BCUT2D eigenvalue weighted by atomic mass is 10.2. The molecule has 2 N–H and O–H groups in total. The van der Waals surface area contributed by atoms with E-state index < -0.39 is 11.2 Å². The molecule has 1 fully saturated rings. The molecule has 0 unspecified atom stereocenters. The van der Waals surface area contributed by atoms with Crippen molar-refractivity contribution in [2.75, 3.05) is 0 Å². The maximum absolute atomic E-state index is 12.2. The SMILES string of the molecule is CCn1nc(C2CC2)cc1-c1nc2c([nH]1)c(=O)[nH]c(=O)n2CC(C)C. The van der Waals surface area contributed by atoms with Crippen LogP contribution in [0, 0.1) is 5.92 Å². The van der Waals surface area contributed by atoms with Gasteiger partial charge in [-0.3, -0.25) is 19.0 Å². The lowest BCUT2D eigenvalue weighted by molar-refractivity contribution is 0.513. The Hall–Kier alpha value is -2.64. The van der Waals surface area contributed by atoms with E-state index in [1.54, 1.807) is 0 Å². The van der Waals surface area contributed by atoms with Crippen LogP contribution in [0.25, 0.3) is 22.7 Å². The smallest absolute Gasteiger partial charge is 0.330 e. The van der Waals surface area contributed by atoms with E-state index in [2.05, 4.69) is 20.1 Å². The zero-order valence-corrected chi connectivity index (χ0v) is 14.7. The summed E-state index contributed by atoms with van der Waals surface area (Å²) >= 11 is 0. The molecule has 1 saturated carbocycles. The molecule has 0 atom stereocenters. The number of rotatable bonds is 5. The van der Waals surface area contributed by atoms with Gasteiger partial charge in [-0.2, -0.15) is 5.10 Å². The molecule has 132 valence electrons. The van der Waals surface area contributed by atoms with E-state index in [4.69, 9.17) is 0 Å². The topological polar surface area (TPSA) is 101 Å². The van der Waals surface area contributed by atoms with Gasteiger partial charge in [0.2, 0.25) is 0 Å². The second-order valence-electron chi connectivity index (χ2n) is 7.09. The minimum Gasteiger partial charge on any atom is -0.331 e. The molecule has 3 aromatic rings. The van der Waals surface area contributed by atoms with Gasteiger partial charge in [0.05, 0.1) is 5.69 Å². The summed E-state index contributed by atoms with van der Waals surface area (Å²) in [5.74, 6) is 1.37. The summed E-state index contributed by atoms with van der Waals surface area (Å²) in [5, 5.41) is 4.65. The predicted octanol–water partition coefficient (Wildman–Crippen LogP) is 1.83. The zero-order chi connectivity index (χ0) is 17.7. The van der Waals surface area contributed by atoms with Gasteiger partial charge in [-0.15, -0.1) is 0 Å². The molecule has 0 radical (unpaired) electrons. The molecule has 0 saturated heterocycles. The molecule has 0 amide bonds. The first kappa shape index (κ1) is 15.9. The average Bonchev–Trinajstić information content (AvgIpc) is 3.16. The average molecular weight is 342 g/mol. The summed E-state index contributed by atoms with van der Waals surface area (Å²) < 4.78 is 3.42. The van der Waals surface area contributed by atoms with Gasteiger partial charge in [0, 0.05) is 19.0 Å². The Labute approximate surface area is 143 Å². The second-order valence-corrected chi connectivity index (χ2v) is 7.09. The first-order chi connectivity index (χ1) is 12.0. The molecule has 3 heterocycles. The van der Waals surface area contributed by atoms with Crippen molar-refractivity contribution in [1.29, 1.82) is 0 Å². The van der Waals surface area contributed by atoms with Crippen LogP contribution >= 0.6 is 0 Å². The standard InChI is InChI=1S/C17H22N6O2/c1-4-23-12(7-11(21-23)10-5-6-10)14-18-13-15(19-14)22(8-9(2)3)17(25)20-16(13)24/h7,9-10H,4-6,8H2,1-3H3,(H,18,19)(H,20,24,25). The summed E-state index contributed by atoms with van der Waals surface area (Å²) in [5.41, 5.74) is 1.78. The van der Waals surface area contributed by atoms with E-state index >= 15 is 0 Å². The van der Waals surface area contributed by atoms with Crippen molar-refractivity contribution >= 4 is 11.2 Å². The van der Waals surface area contributed by atoms with E-state index in [0.29, 0.717) is 36.0 Å². The summed E-state index contributed by atoms with van der Waals surface area (Å²) in [6.07, 6.45) is 2.35. The Balaban J connectivity index is 1.91. The van der Waals surface area contributed by atoms with Gasteiger partial charge < -0.3 is 4.98 Å². The Morgan fingerprint density at radius 1 is 1.28 bits per heavy atom. The van der Waals surface area contributed by atoms with E-state index in [0.717, 1.165) is 11.4 Å². The van der Waals surface area contributed by atoms with Crippen LogP contribution in [0.1, 0.15) is 45.2 Å². The number of hydrogen-bond donors (Lipinski definition) is 2. The molecule has 8 heteroatoms. The molecule has 0 aliphatic heterocycles. The minimum absolute atomic E-state index is 0.259. The number of fused-ring (bicyclic) bond motifs is 1. The van der Waals surface area contributed by atoms with Gasteiger partial charge in [-0.25, -0.2) is 9.78 Å². The van der Waals surface area contributed by atoms with Gasteiger partial charge in [0.15, 0.2) is 11.5 Å². The third kappa shape index (κ3) is 2.71. The van der Waals surface area contributed by atoms with Gasteiger partial charge >= 0.3 is 5.69 Å². The summed E-state index contributed by atoms with van der Waals surface area (Å²) in [4.78, 5) is 34.4. The van der Waals surface area contributed by atoms with Crippen LogP contribution in [-0.4, -0.2) is 29.3 Å². The molecule has 0 bridgehead atoms. The van der Waals surface area contributed by atoms with Crippen LogP contribution in [0.3, 0.4) is 0 Å². The molecule has 3 aromatic heterocycles. The molecular formula is C17H22N6O2. The predicted molar refractivity (Wildman–Crippen MR) is 94.7 cm³/mol. The highest BCUT2D eigenvalue weighted by Crippen LogP contribution is 2.40. The van der Waals surface area contributed by atoms with Crippen LogP contribution in [0.15, 0.2) is 15.7 Å². The molecule has 1 aliphatic carbocycles. The number of aryl methyl sites for hydroxylation is 1. The Morgan fingerprint density at radius 2 is 2.04 bits per heavy atom. The number of imidazole rings is 1. The first-order valence-electron chi connectivity index (χ1n) is 8.78.